The number of nitrogens with zero attached hydrogens (tertiary/aromatic N) is 1. The minimum atomic E-state index is -0.721. The third-order valence-corrected chi connectivity index (χ3v) is 4.75. The fraction of sp³-hybridized carbons (Fsp3) is 0.350. The van der Waals surface area contributed by atoms with Crippen LogP contribution in [0.1, 0.15) is 35.2 Å². The minimum Gasteiger partial charge on any atom is -0.385 e. The summed E-state index contributed by atoms with van der Waals surface area (Å²) in [6.45, 7) is 2.42. The fourth-order valence-electron chi connectivity index (χ4n) is 3.21. The number of ketones is 1. The Morgan fingerprint density at radius 1 is 0.957 bits per heavy atom. The van der Waals surface area contributed by atoms with E-state index in [-0.39, 0.29) is 5.78 Å². The molecule has 0 aliphatic carbocycles. The number of benzene rings is 2. The number of piperidine rings is 1. The summed E-state index contributed by atoms with van der Waals surface area (Å²) < 4.78 is 0. The van der Waals surface area contributed by atoms with E-state index in [1.165, 1.54) is 0 Å². The highest BCUT2D eigenvalue weighted by Gasteiger charge is 2.33. The molecule has 3 rings (SSSR count). The fourth-order valence-corrected chi connectivity index (χ4v) is 3.21. The van der Waals surface area contributed by atoms with Crippen LogP contribution in [-0.4, -0.2) is 35.4 Å². The molecule has 23 heavy (non-hydrogen) atoms. The van der Waals surface area contributed by atoms with Crippen molar-refractivity contribution in [2.45, 2.75) is 24.9 Å². The van der Waals surface area contributed by atoms with Crippen LogP contribution in [0.2, 0.25) is 0 Å². The Morgan fingerprint density at radius 2 is 1.52 bits per heavy atom. The molecular formula is C20H23NO2. The molecule has 2 aromatic rings. The van der Waals surface area contributed by atoms with Gasteiger partial charge in [0.25, 0.3) is 0 Å². The summed E-state index contributed by atoms with van der Waals surface area (Å²) >= 11 is 0. The van der Waals surface area contributed by atoms with Gasteiger partial charge in [-0.15, -0.1) is 0 Å². The van der Waals surface area contributed by atoms with Crippen molar-refractivity contribution in [3.05, 3.63) is 71.8 Å². The Hall–Kier alpha value is -1.97. The van der Waals surface area contributed by atoms with Gasteiger partial charge in [-0.2, -0.15) is 0 Å². The largest absolute Gasteiger partial charge is 0.385 e. The molecule has 3 nitrogen and oxygen atoms in total. The van der Waals surface area contributed by atoms with E-state index in [9.17, 15) is 9.90 Å². The number of carbonyl (C=O) groups excluding carboxylic acids is 1. The van der Waals surface area contributed by atoms with E-state index in [0.29, 0.717) is 6.42 Å². The molecule has 0 bridgehead atoms. The van der Waals surface area contributed by atoms with Gasteiger partial charge in [-0.05, 0) is 18.4 Å². The maximum atomic E-state index is 12.2. The Labute approximate surface area is 137 Å². The number of Topliss-reactive ketones (excluding diaryl/α,β-unsaturated/α-hetero) is 1. The second-order valence-corrected chi connectivity index (χ2v) is 6.28. The molecule has 120 valence electrons. The van der Waals surface area contributed by atoms with Crippen LogP contribution < -0.4 is 0 Å². The smallest absolute Gasteiger partial charge is 0.164 e. The van der Waals surface area contributed by atoms with Crippen LogP contribution in [0.25, 0.3) is 0 Å². The van der Waals surface area contributed by atoms with Gasteiger partial charge in [0, 0.05) is 31.6 Å². The number of likely N-dealkylation sites (tertiary alicyclic amines) is 1. The molecule has 0 saturated carbocycles. The van der Waals surface area contributed by atoms with Crippen molar-refractivity contribution >= 4 is 5.78 Å². The van der Waals surface area contributed by atoms with Gasteiger partial charge >= 0.3 is 0 Å². The molecule has 0 amide bonds. The maximum absolute atomic E-state index is 12.2. The Morgan fingerprint density at radius 3 is 2.13 bits per heavy atom. The summed E-state index contributed by atoms with van der Waals surface area (Å²) in [7, 11) is 0. The number of carbonyl (C=O) groups is 1. The minimum absolute atomic E-state index is 0.189. The average Bonchev–Trinajstić information content (AvgIpc) is 2.62. The van der Waals surface area contributed by atoms with Crippen molar-refractivity contribution in [3.63, 3.8) is 0 Å². The average molecular weight is 309 g/mol. The summed E-state index contributed by atoms with van der Waals surface area (Å²) in [5, 5.41) is 10.8. The highest BCUT2D eigenvalue weighted by Crippen LogP contribution is 2.32. The monoisotopic (exact) mass is 309 g/mol. The first-order chi connectivity index (χ1) is 11.2. The maximum Gasteiger partial charge on any atom is 0.164 e. The quantitative estimate of drug-likeness (QED) is 0.862. The van der Waals surface area contributed by atoms with E-state index in [1.54, 1.807) is 0 Å². The molecule has 0 spiro atoms. The topological polar surface area (TPSA) is 40.5 Å². The molecule has 2 aromatic carbocycles. The van der Waals surface area contributed by atoms with Crippen molar-refractivity contribution in [1.29, 1.82) is 0 Å². The van der Waals surface area contributed by atoms with E-state index in [0.717, 1.165) is 43.6 Å². The van der Waals surface area contributed by atoms with Crippen LogP contribution in [-0.2, 0) is 5.60 Å². The van der Waals surface area contributed by atoms with E-state index in [1.807, 2.05) is 60.7 Å². The van der Waals surface area contributed by atoms with Crippen LogP contribution in [0, 0.1) is 0 Å². The first kappa shape index (κ1) is 15.9. The zero-order chi connectivity index (χ0) is 16.1. The van der Waals surface area contributed by atoms with Crippen molar-refractivity contribution in [2.24, 2.45) is 0 Å². The molecule has 0 unspecified atom stereocenters. The molecule has 1 aliphatic heterocycles. The van der Waals surface area contributed by atoms with Gasteiger partial charge in [-0.3, -0.25) is 4.79 Å². The first-order valence-electron chi connectivity index (χ1n) is 8.26. The molecule has 1 aliphatic rings. The lowest BCUT2D eigenvalue weighted by atomic mass is 9.84. The number of aliphatic hydroxyl groups is 1. The van der Waals surface area contributed by atoms with Crippen LogP contribution in [0.15, 0.2) is 60.7 Å². The zero-order valence-electron chi connectivity index (χ0n) is 13.3. The molecule has 1 saturated heterocycles. The highest BCUT2D eigenvalue weighted by molar-refractivity contribution is 5.96. The molecule has 1 fully saturated rings. The zero-order valence-corrected chi connectivity index (χ0v) is 13.3. The van der Waals surface area contributed by atoms with Crippen molar-refractivity contribution in [1.82, 2.24) is 4.90 Å². The molecule has 3 heteroatoms. The number of rotatable bonds is 5. The Kier molecular flexibility index (Phi) is 4.89. The predicted octanol–water partition coefficient (Wildman–Crippen LogP) is 3.24. The standard InChI is InChI=1S/C20H23NO2/c22-19(17-7-3-1-4-8-17)11-14-21-15-12-20(23,13-16-21)18-9-5-2-6-10-18/h1-10,23H,11-16H2. The summed E-state index contributed by atoms with van der Waals surface area (Å²) in [5.41, 5.74) is 1.06. The molecule has 0 radical (unpaired) electrons. The lowest BCUT2D eigenvalue weighted by Gasteiger charge is -2.38. The summed E-state index contributed by atoms with van der Waals surface area (Å²) in [4.78, 5) is 14.4. The van der Waals surface area contributed by atoms with Gasteiger partial charge in [-0.25, -0.2) is 0 Å². The van der Waals surface area contributed by atoms with E-state index >= 15 is 0 Å². The Bertz CT molecular complexity index is 631. The van der Waals surface area contributed by atoms with E-state index in [4.69, 9.17) is 0 Å². The van der Waals surface area contributed by atoms with Crippen LogP contribution in [0.5, 0.6) is 0 Å². The second kappa shape index (κ2) is 7.07. The SMILES string of the molecule is O=C(CCN1CCC(O)(c2ccccc2)CC1)c1ccccc1. The molecule has 0 aromatic heterocycles. The van der Waals surface area contributed by atoms with Gasteiger partial charge in [-0.1, -0.05) is 60.7 Å². The van der Waals surface area contributed by atoms with Crippen molar-refractivity contribution < 1.29 is 9.90 Å². The number of hydrogen-bond acceptors (Lipinski definition) is 3. The van der Waals surface area contributed by atoms with Gasteiger partial charge in [0.15, 0.2) is 5.78 Å². The summed E-state index contributed by atoms with van der Waals surface area (Å²) in [6, 6.07) is 19.4. The highest BCUT2D eigenvalue weighted by atomic mass is 16.3. The van der Waals surface area contributed by atoms with Crippen LogP contribution in [0.3, 0.4) is 0 Å². The summed E-state index contributed by atoms with van der Waals surface area (Å²) in [5.74, 6) is 0.189. The van der Waals surface area contributed by atoms with Gasteiger partial charge in [0.2, 0.25) is 0 Å². The van der Waals surface area contributed by atoms with Crippen molar-refractivity contribution in [2.75, 3.05) is 19.6 Å². The first-order valence-corrected chi connectivity index (χ1v) is 8.26. The van der Waals surface area contributed by atoms with E-state index < -0.39 is 5.60 Å². The molecule has 0 atom stereocenters. The second-order valence-electron chi connectivity index (χ2n) is 6.28. The van der Waals surface area contributed by atoms with Crippen LogP contribution in [0.4, 0.5) is 0 Å². The lowest BCUT2D eigenvalue weighted by molar-refractivity contribution is -0.0256. The number of hydrogen-bond donors (Lipinski definition) is 1. The summed E-state index contributed by atoms with van der Waals surface area (Å²) in [6.07, 6.45) is 1.97. The van der Waals surface area contributed by atoms with Gasteiger partial charge < -0.3 is 10.0 Å². The third-order valence-electron chi connectivity index (χ3n) is 4.75. The predicted molar refractivity (Wildman–Crippen MR) is 91.4 cm³/mol. The third kappa shape index (κ3) is 3.87. The van der Waals surface area contributed by atoms with E-state index in [2.05, 4.69) is 4.90 Å². The lowest BCUT2D eigenvalue weighted by Crippen LogP contribution is -2.43. The molecule has 1 heterocycles. The van der Waals surface area contributed by atoms with Gasteiger partial charge in [0.1, 0.15) is 0 Å². The molecular weight excluding hydrogens is 286 g/mol. The normalized spacial score (nSPS) is 17.8. The van der Waals surface area contributed by atoms with Crippen molar-refractivity contribution in [3.8, 4) is 0 Å². The Balaban J connectivity index is 1.51. The van der Waals surface area contributed by atoms with Gasteiger partial charge in [0.05, 0.1) is 5.60 Å². The van der Waals surface area contributed by atoms with Crippen LogP contribution >= 0.6 is 0 Å². The molecule has 1 N–H and O–H groups in total.